The van der Waals surface area contributed by atoms with Crippen molar-refractivity contribution in [3.8, 4) is 0 Å². The summed E-state index contributed by atoms with van der Waals surface area (Å²) in [6.07, 6.45) is 0. The summed E-state index contributed by atoms with van der Waals surface area (Å²) in [6, 6.07) is 24.0. The van der Waals surface area contributed by atoms with Crippen LogP contribution in [0.5, 0.6) is 0 Å². The molecule has 0 radical (unpaired) electrons. The Morgan fingerprint density at radius 2 is 1.14 bits per heavy atom. The third-order valence-electron chi connectivity index (χ3n) is 7.42. The molecule has 36 heavy (non-hydrogen) atoms. The maximum atomic E-state index is 13.8. The molecule has 3 aromatic carbocycles. The van der Waals surface area contributed by atoms with Crippen LogP contribution in [0.2, 0.25) is 0 Å². The molecule has 7 rings (SSSR count). The fraction of sp³-hybridized carbons (Fsp3) is 0.214. The van der Waals surface area contributed by atoms with Gasteiger partial charge in [-0.25, -0.2) is 0 Å². The standard InChI is InChI=1S/C28H19Br2NO5/c29-27-17-10-4-5-11-18(17)28(30,20-13-7-6-12-19(20)27)24-23(27)25(34)31(26(24)35)14-22(33)36-15-21(32)16-8-2-1-3-9-16/h1-13,23-24H,14-15H2/t23-,24+,27?,28?. The van der Waals surface area contributed by atoms with Gasteiger partial charge < -0.3 is 4.74 Å². The Bertz CT molecular complexity index is 1330. The molecule has 6 nitrogen and oxygen atoms in total. The fourth-order valence-corrected chi connectivity index (χ4v) is 8.21. The predicted molar refractivity (Wildman–Crippen MR) is 138 cm³/mol. The number of benzene rings is 3. The maximum absolute atomic E-state index is 13.8. The van der Waals surface area contributed by atoms with Gasteiger partial charge in [0.1, 0.15) is 6.54 Å². The van der Waals surface area contributed by atoms with Gasteiger partial charge in [-0.1, -0.05) is 111 Å². The van der Waals surface area contributed by atoms with Crippen LogP contribution >= 0.6 is 31.9 Å². The molecule has 0 aromatic heterocycles. The zero-order valence-electron chi connectivity index (χ0n) is 18.8. The third-order valence-corrected chi connectivity index (χ3v) is 10.1. The molecule has 1 fully saturated rings. The van der Waals surface area contributed by atoms with Gasteiger partial charge in [0.25, 0.3) is 0 Å². The number of hydrogen-bond acceptors (Lipinski definition) is 5. The van der Waals surface area contributed by atoms with E-state index in [9.17, 15) is 19.2 Å². The van der Waals surface area contributed by atoms with Crippen molar-refractivity contribution < 1.29 is 23.9 Å². The first-order chi connectivity index (χ1) is 17.3. The zero-order chi connectivity index (χ0) is 25.2. The number of ketones is 1. The van der Waals surface area contributed by atoms with Gasteiger partial charge in [0, 0.05) is 5.56 Å². The van der Waals surface area contributed by atoms with Gasteiger partial charge in [0.2, 0.25) is 11.8 Å². The molecule has 2 amide bonds. The average Bonchev–Trinajstić information content (AvgIpc) is 3.17. The molecule has 1 heterocycles. The SMILES string of the molecule is O=C(CN1C(=O)[C@@H]2[C@H](C1=O)C1(Br)c3ccccc3C2(Br)c2ccccc21)OCC(=O)c1ccccc1. The Balaban J connectivity index is 1.32. The minimum atomic E-state index is -0.922. The van der Waals surface area contributed by atoms with Crippen LogP contribution in [-0.2, 0) is 27.8 Å². The Hall–Kier alpha value is -3.10. The van der Waals surface area contributed by atoms with Crippen LogP contribution in [0.25, 0.3) is 0 Å². The van der Waals surface area contributed by atoms with Crippen LogP contribution in [0.4, 0.5) is 0 Å². The van der Waals surface area contributed by atoms with E-state index in [2.05, 4.69) is 31.9 Å². The Kier molecular flexibility index (Phi) is 5.32. The highest BCUT2D eigenvalue weighted by molar-refractivity contribution is 9.10. The van der Waals surface area contributed by atoms with Crippen molar-refractivity contribution in [2.45, 2.75) is 8.65 Å². The quantitative estimate of drug-likeness (QED) is 0.187. The van der Waals surface area contributed by atoms with Gasteiger partial charge in [-0.05, 0) is 22.3 Å². The van der Waals surface area contributed by atoms with Gasteiger partial charge in [-0.15, -0.1) is 0 Å². The molecule has 1 saturated heterocycles. The number of likely N-dealkylation sites (tertiary alicyclic amines) is 1. The van der Waals surface area contributed by atoms with Crippen molar-refractivity contribution in [2.75, 3.05) is 13.2 Å². The molecule has 0 N–H and O–H groups in total. The fourth-order valence-electron chi connectivity index (χ4n) is 5.91. The molecule has 3 aliphatic carbocycles. The normalized spacial score (nSPS) is 27.3. The number of rotatable bonds is 5. The number of ether oxygens (including phenoxy) is 1. The highest BCUT2D eigenvalue weighted by Gasteiger charge is 2.72. The van der Waals surface area contributed by atoms with Crippen molar-refractivity contribution in [3.63, 3.8) is 0 Å². The lowest BCUT2D eigenvalue weighted by atomic mass is 9.54. The van der Waals surface area contributed by atoms with Gasteiger partial charge in [-0.3, -0.25) is 24.1 Å². The van der Waals surface area contributed by atoms with E-state index in [4.69, 9.17) is 4.74 Å². The Labute approximate surface area is 223 Å². The van der Waals surface area contributed by atoms with E-state index in [1.165, 1.54) is 0 Å². The lowest BCUT2D eigenvalue weighted by molar-refractivity contribution is -0.152. The summed E-state index contributed by atoms with van der Waals surface area (Å²) in [4.78, 5) is 53.5. The number of nitrogens with zero attached hydrogens (tertiary/aromatic N) is 1. The van der Waals surface area contributed by atoms with E-state index in [0.29, 0.717) is 5.56 Å². The molecule has 4 aliphatic rings. The minimum absolute atomic E-state index is 0.362. The second-order valence-corrected chi connectivity index (χ2v) is 11.7. The lowest BCUT2D eigenvalue weighted by Gasteiger charge is -2.55. The van der Waals surface area contributed by atoms with Crippen molar-refractivity contribution in [2.24, 2.45) is 11.8 Å². The number of halogens is 2. The van der Waals surface area contributed by atoms with E-state index in [1.807, 2.05) is 48.5 Å². The molecular formula is C28H19Br2NO5. The number of alkyl halides is 2. The largest absolute Gasteiger partial charge is 0.456 e. The molecule has 0 spiro atoms. The summed E-state index contributed by atoms with van der Waals surface area (Å²) < 4.78 is 3.31. The second kappa shape index (κ2) is 8.21. The van der Waals surface area contributed by atoms with Gasteiger partial charge >= 0.3 is 5.97 Å². The molecule has 2 bridgehead atoms. The third kappa shape index (κ3) is 3.00. The first-order valence-corrected chi connectivity index (χ1v) is 13.0. The van der Waals surface area contributed by atoms with E-state index < -0.39 is 51.4 Å². The van der Waals surface area contributed by atoms with Crippen LogP contribution in [0.15, 0.2) is 78.9 Å². The Morgan fingerprint density at radius 3 is 1.58 bits per heavy atom. The molecule has 0 saturated carbocycles. The number of hydrogen-bond donors (Lipinski definition) is 0. The summed E-state index contributed by atoms with van der Waals surface area (Å²) in [6.45, 7) is -1.01. The molecule has 8 heteroatoms. The van der Waals surface area contributed by atoms with Crippen LogP contribution in [0.1, 0.15) is 32.6 Å². The summed E-state index contributed by atoms with van der Waals surface area (Å²) >= 11 is 7.83. The molecule has 3 aromatic rings. The highest BCUT2D eigenvalue weighted by atomic mass is 79.9. The Morgan fingerprint density at radius 1 is 0.722 bits per heavy atom. The monoisotopic (exact) mass is 607 g/mol. The first kappa shape index (κ1) is 23.3. The summed E-state index contributed by atoms with van der Waals surface area (Å²) in [5.74, 6) is -3.57. The molecular weight excluding hydrogens is 590 g/mol. The summed E-state index contributed by atoms with van der Waals surface area (Å²) in [5.41, 5.74) is 4.09. The van der Waals surface area contributed by atoms with Crippen molar-refractivity contribution in [1.29, 1.82) is 0 Å². The van der Waals surface area contributed by atoms with Gasteiger partial charge in [-0.2, -0.15) is 0 Å². The number of carbonyl (C=O) groups excluding carboxylic acids is 4. The highest BCUT2D eigenvalue weighted by Crippen LogP contribution is 2.70. The molecule has 0 unspecified atom stereocenters. The van der Waals surface area contributed by atoms with Crippen LogP contribution in [0.3, 0.4) is 0 Å². The van der Waals surface area contributed by atoms with Crippen molar-refractivity contribution >= 4 is 55.4 Å². The maximum Gasteiger partial charge on any atom is 0.326 e. The van der Waals surface area contributed by atoms with E-state index in [0.717, 1.165) is 27.2 Å². The number of imide groups is 1. The van der Waals surface area contributed by atoms with Crippen LogP contribution in [0, 0.1) is 11.8 Å². The molecule has 1 aliphatic heterocycles. The van der Waals surface area contributed by atoms with Gasteiger partial charge in [0.05, 0.1) is 20.5 Å². The van der Waals surface area contributed by atoms with E-state index in [-0.39, 0.29) is 5.78 Å². The van der Waals surface area contributed by atoms with Gasteiger partial charge in [0.15, 0.2) is 12.4 Å². The number of amides is 2. The average molecular weight is 609 g/mol. The molecule has 2 atom stereocenters. The van der Waals surface area contributed by atoms with Crippen molar-refractivity contribution in [1.82, 2.24) is 4.90 Å². The first-order valence-electron chi connectivity index (χ1n) is 11.5. The predicted octanol–water partition coefficient (Wildman–Crippen LogP) is 4.32. The summed E-state index contributed by atoms with van der Waals surface area (Å²) in [7, 11) is 0. The topological polar surface area (TPSA) is 80.8 Å². The minimum Gasteiger partial charge on any atom is -0.456 e. The van der Waals surface area contributed by atoms with Crippen LogP contribution < -0.4 is 0 Å². The van der Waals surface area contributed by atoms with E-state index >= 15 is 0 Å². The van der Waals surface area contributed by atoms with Crippen molar-refractivity contribution in [3.05, 3.63) is 107 Å². The smallest absolute Gasteiger partial charge is 0.326 e. The zero-order valence-corrected chi connectivity index (χ0v) is 22.0. The molecule has 180 valence electrons. The lowest BCUT2D eigenvalue weighted by Crippen LogP contribution is -2.56. The number of esters is 1. The summed E-state index contributed by atoms with van der Waals surface area (Å²) in [5, 5.41) is 0. The van der Waals surface area contributed by atoms with E-state index in [1.54, 1.807) is 30.3 Å². The number of Topliss-reactive ketones (excluding diaryl/α,β-unsaturated/α-hetero) is 1. The number of carbonyl (C=O) groups is 4. The second-order valence-electron chi connectivity index (χ2n) is 9.18. The van der Waals surface area contributed by atoms with Crippen LogP contribution in [-0.4, -0.2) is 41.6 Å².